The molecular formula is C60H38B2N2O2. The lowest BCUT2D eigenvalue weighted by Crippen LogP contribution is -2.60. The molecule has 0 aliphatic carbocycles. The SMILES string of the molecule is c1ccc(-c2cc3c4c(c2-c2c(-c5ccccc5)cc5c6c2Oc2ccccc2B6c2ccccc2N5c2ccccc2)Oc2ccccc2B4c2ccccc2N3c2ccccc2)cc1. The summed E-state index contributed by atoms with van der Waals surface area (Å²) in [6.45, 7) is -0.188. The van der Waals surface area contributed by atoms with Crippen LogP contribution in [0.1, 0.15) is 0 Å². The largest absolute Gasteiger partial charge is 0.458 e. The van der Waals surface area contributed by atoms with Gasteiger partial charge in [0.05, 0.1) is 0 Å². The summed E-state index contributed by atoms with van der Waals surface area (Å²) in [5.41, 5.74) is 20.1. The van der Waals surface area contributed by atoms with Crippen molar-refractivity contribution >= 4 is 80.3 Å². The first-order valence-electron chi connectivity index (χ1n) is 22.7. The Kier molecular flexibility index (Phi) is 8.14. The monoisotopic (exact) mass is 840 g/mol. The average Bonchev–Trinajstić information content (AvgIpc) is 3.39. The molecular weight excluding hydrogens is 802 g/mol. The topological polar surface area (TPSA) is 24.9 Å². The van der Waals surface area contributed by atoms with Crippen LogP contribution in [0.3, 0.4) is 0 Å². The summed E-state index contributed by atoms with van der Waals surface area (Å²) in [7, 11) is 0. The second-order valence-electron chi connectivity index (χ2n) is 17.5. The predicted molar refractivity (Wildman–Crippen MR) is 274 cm³/mol. The first-order chi connectivity index (χ1) is 32.8. The van der Waals surface area contributed by atoms with E-state index in [2.05, 4.69) is 240 Å². The maximum absolute atomic E-state index is 7.57. The van der Waals surface area contributed by atoms with E-state index in [1.807, 2.05) is 0 Å². The summed E-state index contributed by atoms with van der Waals surface area (Å²) in [6, 6.07) is 83.0. The minimum atomic E-state index is -0.0938. The zero-order valence-electron chi connectivity index (χ0n) is 35.8. The molecule has 4 aliphatic rings. The minimum absolute atomic E-state index is 0.0938. The zero-order valence-corrected chi connectivity index (χ0v) is 35.8. The van der Waals surface area contributed by atoms with Gasteiger partial charge in [-0.25, -0.2) is 0 Å². The van der Waals surface area contributed by atoms with Crippen molar-refractivity contribution in [3.05, 3.63) is 231 Å². The number of nitrogens with zero attached hydrogens (tertiary/aromatic N) is 2. The number of hydrogen-bond donors (Lipinski definition) is 0. The molecule has 6 heteroatoms. The smallest absolute Gasteiger partial charge is 0.256 e. The third kappa shape index (κ3) is 5.36. The van der Waals surface area contributed by atoms with Gasteiger partial charge in [-0.3, -0.25) is 0 Å². The van der Waals surface area contributed by atoms with E-state index in [0.29, 0.717) is 0 Å². The molecule has 10 aromatic rings. The van der Waals surface area contributed by atoms with Crippen molar-refractivity contribution < 1.29 is 9.47 Å². The van der Waals surface area contributed by atoms with Gasteiger partial charge in [0.15, 0.2) is 0 Å². The number of para-hydroxylation sites is 6. The number of fused-ring (bicyclic) bond motifs is 8. The third-order valence-electron chi connectivity index (χ3n) is 14.0. The van der Waals surface area contributed by atoms with Gasteiger partial charge in [-0.05, 0) is 116 Å². The predicted octanol–water partition coefficient (Wildman–Crippen LogP) is 11.5. The van der Waals surface area contributed by atoms with Gasteiger partial charge in [0.25, 0.3) is 13.4 Å². The summed E-state index contributed by atoms with van der Waals surface area (Å²) in [4.78, 5) is 4.87. The number of benzene rings is 10. The standard InChI is InChI=1S/C60H38B2N2O2/c1-5-21-39(22-6-1)43-37-51-57-59(65-53-35-19-15-31-47(53)61(57)45-29-13-17-33-49(45)63(51)41-25-9-3-10-26-41)55(43)56-44(40-23-7-2-8-24-40)38-52-58-60(56)66-54-36-20-16-32-48(54)62(58)46-30-14-18-34-50(46)64(52)42-27-11-4-12-28-42/h1-38H. The normalized spacial score (nSPS) is 13.3. The number of anilines is 6. The van der Waals surface area contributed by atoms with Crippen molar-refractivity contribution in [1.82, 2.24) is 0 Å². The molecule has 0 N–H and O–H groups in total. The van der Waals surface area contributed by atoms with Gasteiger partial charge >= 0.3 is 0 Å². The van der Waals surface area contributed by atoms with Crippen LogP contribution in [0.25, 0.3) is 33.4 Å². The molecule has 4 heterocycles. The summed E-state index contributed by atoms with van der Waals surface area (Å²) < 4.78 is 15.1. The Morgan fingerprint density at radius 1 is 0.303 bits per heavy atom. The lowest BCUT2D eigenvalue weighted by molar-refractivity contribution is 0.482. The van der Waals surface area contributed by atoms with Gasteiger partial charge in [-0.1, -0.05) is 170 Å². The Labute approximate surface area is 384 Å². The van der Waals surface area contributed by atoms with Gasteiger partial charge < -0.3 is 19.3 Å². The van der Waals surface area contributed by atoms with Gasteiger partial charge in [-0.15, -0.1) is 0 Å². The summed E-state index contributed by atoms with van der Waals surface area (Å²) in [5.74, 6) is 3.40. The van der Waals surface area contributed by atoms with Crippen molar-refractivity contribution in [2.24, 2.45) is 0 Å². The van der Waals surface area contributed by atoms with E-state index in [-0.39, 0.29) is 13.4 Å². The number of hydrogen-bond acceptors (Lipinski definition) is 4. The lowest BCUT2D eigenvalue weighted by atomic mass is 9.33. The third-order valence-corrected chi connectivity index (χ3v) is 14.0. The fourth-order valence-electron chi connectivity index (χ4n) is 11.3. The van der Waals surface area contributed by atoms with Crippen LogP contribution in [-0.2, 0) is 0 Å². The van der Waals surface area contributed by atoms with Gasteiger partial charge in [0.2, 0.25) is 0 Å². The summed E-state index contributed by atoms with van der Waals surface area (Å²) in [5, 5.41) is 0. The highest BCUT2D eigenvalue weighted by atomic mass is 16.5. The second-order valence-corrected chi connectivity index (χ2v) is 17.5. The molecule has 66 heavy (non-hydrogen) atoms. The molecule has 10 aromatic carbocycles. The summed E-state index contributed by atoms with van der Waals surface area (Å²) in [6.07, 6.45) is 0. The van der Waals surface area contributed by atoms with E-state index in [1.165, 1.54) is 10.9 Å². The first-order valence-corrected chi connectivity index (χ1v) is 22.7. The average molecular weight is 841 g/mol. The molecule has 4 aliphatic heterocycles. The van der Waals surface area contributed by atoms with Crippen molar-refractivity contribution in [2.75, 3.05) is 9.80 Å². The minimum Gasteiger partial charge on any atom is -0.458 e. The molecule has 0 aromatic heterocycles. The quantitative estimate of drug-likeness (QED) is 0.161. The van der Waals surface area contributed by atoms with Crippen LogP contribution in [0.4, 0.5) is 34.1 Å². The van der Waals surface area contributed by atoms with E-state index < -0.39 is 0 Å². The maximum Gasteiger partial charge on any atom is 0.256 e. The van der Waals surface area contributed by atoms with Crippen molar-refractivity contribution in [3.63, 3.8) is 0 Å². The van der Waals surface area contributed by atoms with Crippen LogP contribution in [0.5, 0.6) is 23.0 Å². The number of rotatable bonds is 5. The molecule has 0 saturated heterocycles. The van der Waals surface area contributed by atoms with Crippen LogP contribution in [0, 0.1) is 0 Å². The molecule has 306 valence electrons. The molecule has 0 amide bonds. The highest BCUT2D eigenvalue weighted by Gasteiger charge is 2.47. The van der Waals surface area contributed by atoms with E-state index in [1.54, 1.807) is 0 Å². The van der Waals surface area contributed by atoms with E-state index in [0.717, 1.165) is 112 Å². The molecule has 0 atom stereocenters. The Hall–Kier alpha value is -8.47. The van der Waals surface area contributed by atoms with Crippen molar-refractivity contribution in [2.45, 2.75) is 0 Å². The van der Waals surface area contributed by atoms with Crippen molar-refractivity contribution in [1.29, 1.82) is 0 Å². The molecule has 0 spiro atoms. The van der Waals surface area contributed by atoms with Gasteiger partial charge in [0, 0.05) is 45.3 Å². The Morgan fingerprint density at radius 3 is 1.05 bits per heavy atom. The molecule has 0 bridgehead atoms. The van der Waals surface area contributed by atoms with Crippen molar-refractivity contribution in [3.8, 4) is 56.4 Å². The van der Waals surface area contributed by atoms with E-state index in [4.69, 9.17) is 9.47 Å². The lowest BCUT2D eigenvalue weighted by Gasteiger charge is -2.43. The highest BCUT2D eigenvalue weighted by Crippen LogP contribution is 2.55. The number of ether oxygens (including phenoxy) is 2. The Bertz CT molecular complexity index is 3330. The Morgan fingerprint density at radius 2 is 0.636 bits per heavy atom. The van der Waals surface area contributed by atoms with Crippen LogP contribution in [0.2, 0.25) is 0 Å². The molecule has 4 nitrogen and oxygen atoms in total. The second kappa shape index (κ2) is 14.5. The molecule has 14 rings (SSSR count). The highest BCUT2D eigenvalue weighted by molar-refractivity contribution is 7.00. The fourth-order valence-corrected chi connectivity index (χ4v) is 11.3. The van der Waals surface area contributed by atoms with Crippen LogP contribution in [-0.4, -0.2) is 13.4 Å². The fraction of sp³-hybridized carbons (Fsp3) is 0. The van der Waals surface area contributed by atoms with E-state index in [9.17, 15) is 0 Å². The molecule has 0 radical (unpaired) electrons. The van der Waals surface area contributed by atoms with Gasteiger partial charge in [0.1, 0.15) is 23.0 Å². The molecule has 0 fully saturated rings. The van der Waals surface area contributed by atoms with Crippen LogP contribution < -0.4 is 52.1 Å². The molecule has 0 unspecified atom stereocenters. The molecule has 0 saturated carbocycles. The first kappa shape index (κ1) is 37.0. The van der Waals surface area contributed by atoms with Crippen LogP contribution in [0.15, 0.2) is 231 Å². The zero-order chi connectivity index (χ0) is 43.3. The van der Waals surface area contributed by atoms with Crippen LogP contribution >= 0.6 is 0 Å². The Balaban J connectivity index is 1.18. The van der Waals surface area contributed by atoms with Gasteiger partial charge in [-0.2, -0.15) is 0 Å². The maximum atomic E-state index is 7.57. The van der Waals surface area contributed by atoms with E-state index >= 15 is 0 Å². The summed E-state index contributed by atoms with van der Waals surface area (Å²) >= 11 is 0.